The van der Waals surface area contributed by atoms with Crippen molar-refractivity contribution in [1.82, 2.24) is 9.55 Å². The quantitative estimate of drug-likeness (QED) is 0.730. The maximum Gasteiger partial charge on any atom is 0.256 e. The van der Waals surface area contributed by atoms with Gasteiger partial charge in [0.2, 0.25) is 0 Å². The summed E-state index contributed by atoms with van der Waals surface area (Å²) < 4.78 is 1.52. The Hall–Kier alpha value is -2.65. The number of aromatic nitrogens is 2. The number of hydrogen-bond acceptors (Lipinski definition) is 5. The van der Waals surface area contributed by atoms with Crippen molar-refractivity contribution in [2.24, 2.45) is 0 Å². The molecule has 92 valence electrons. The Morgan fingerprint density at radius 1 is 1.37 bits per heavy atom. The fourth-order valence-electron chi connectivity index (χ4n) is 1.91. The van der Waals surface area contributed by atoms with Crippen molar-refractivity contribution in [3.05, 3.63) is 51.9 Å². The Morgan fingerprint density at radius 3 is 2.89 bits per heavy atom. The molecule has 0 radical (unpaired) electrons. The van der Waals surface area contributed by atoms with Crippen LogP contribution < -0.4 is 11.3 Å². The van der Waals surface area contributed by atoms with Crippen LogP contribution >= 0.6 is 11.3 Å². The lowest BCUT2D eigenvalue weighted by molar-refractivity contribution is 1.04. The SMILES string of the molecule is N#Cc1sc2c(ccc(=O)n2-c2cccnc2)c1N. The average Bonchev–Trinajstić information content (AvgIpc) is 2.76. The number of thiophene rings is 1. The summed E-state index contributed by atoms with van der Waals surface area (Å²) in [5, 5.41) is 9.74. The minimum Gasteiger partial charge on any atom is -0.396 e. The van der Waals surface area contributed by atoms with Gasteiger partial charge in [-0.25, -0.2) is 0 Å². The van der Waals surface area contributed by atoms with Crippen LogP contribution in [0.4, 0.5) is 5.69 Å². The first-order chi connectivity index (χ1) is 9.22. The molecule has 0 aliphatic carbocycles. The summed E-state index contributed by atoms with van der Waals surface area (Å²) in [5.74, 6) is 0. The molecule has 0 amide bonds. The van der Waals surface area contributed by atoms with E-state index in [0.717, 1.165) is 0 Å². The van der Waals surface area contributed by atoms with Crippen LogP contribution in [0, 0.1) is 11.3 Å². The number of nitriles is 1. The van der Waals surface area contributed by atoms with Gasteiger partial charge >= 0.3 is 0 Å². The molecule has 0 aliphatic rings. The number of pyridine rings is 2. The predicted molar refractivity (Wildman–Crippen MR) is 74.3 cm³/mol. The third-order valence-corrected chi connectivity index (χ3v) is 3.90. The Balaban J connectivity index is 2.45. The standard InChI is InChI=1S/C13H8N4OS/c14-6-10-12(15)9-3-4-11(18)17(13(9)19-10)8-2-1-5-16-7-8/h1-5,7H,15H2. The second-order valence-electron chi connectivity index (χ2n) is 3.89. The Morgan fingerprint density at radius 2 is 2.21 bits per heavy atom. The van der Waals surface area contributed by atoms with Gasteiger partial charge in [0.1, 0.15) is 15.8 Å². The molecular weight excluding hydrogens is 260 g/mol. The molecule has 5 nitrogen and oxygen atoms in total. The van der Waals surface area contributed by atoms with Gasteiger partial charge in [0.25, 0.3) is 5.56 Å². The van der Waals surface area contributed by atoms with E-state index in [0.29, 0.717) is 26.5 Å². The smallest absolute Gasteiger partial charge is 0.256 e. The molecule has 0 unspecified atom stereocenters. The molecule has 0 atom stereocenters. The minimum atomic E-state index is -0.175. The second-order valence-corrected chi connectivity index (χ2v) is 4.89. The molecule has 0 fully saturated rings. The van der Waals surface area contributed by atoms with E-state index in [1.54, 1.807) is 30.6 Å². The van der Waals surface area contributed by atoms with E-state index in [1.165, 1.54) is 22.0 Å². The molecule has 2 N–H and O–H groups in total. The van der Waals surface area contributed by atoms with Crippen LogP contribution in [-0.2, 0) is 0 Å². The van der Waals surface area contributed by atoms with Gasteiger partial charge in [-0.15, -0.1) is 11.3 Å². The van der Waals surface area contributed by atoms with E-state index in [9.17, 15) is 4.79 Å². The van der Waals surface area contributed by atoms with Gasteiger partial charge in [-0.3, -0.25) is 14.3 Å². The van der Waals surface area contributed by atoms with Gasteiger partial charge in [-0.05, 0) is 18.2 Å². The molecule has 0 aromatic carbocycles. The van der Waals surface area contributed by atoms with Crippen LogP contribution in [0.25, 0.3) is 15.9 Å². The summed E-state index contributed by atoms with van der Waals surface area (Å²) in [7, 11) is 0. The molecule has 0 saturated carbocycles. The second kappa shape index (κ2) is 4.23. The van der Waals surface area contributed by atoms with Crippen molar-refractivity contribution < 1.29 is 0 Å². The highest BCUT2D eigenvalue weighted by Gasteiger charge is 2.14. The fraction of sp³-hybridized carbons (Fsp3) is 0. The zero-order valence-electron chi connectivity index (χ0n) is 9.70. The molecular formula is C13H8N4OS. The number of hydrogen-bond donors (Lipinski definition) is 1. The zero-order chi connectivity index (χ0) is 13.4. The number of nitrogens with zero attached hydrogens (tertiary/aromatic N) is 3. The van der Waals surface area contributed by atoms with E-state index in [1.807, 2.05) is 6.07 Å². The van der Waals surface area contributed by atoms with Crippen molar-refractivity contribution in [1.29, 1.82) is 5.26 Å². The molecule has 0 saturated heterocycles. The van der Waals surface area contributed by atoms with E-state index >= 15 is 0 Å². The highest BCUT2D eigenvalue weighted by molar-refractivity contribution is 7.19. The van der Waals surface area contributed by atoms with Gasteiger partial charge in [-0.2, -0.15) is 5.26 Å². The summed E-state index contributed by atoms with van der Waals surface area (Å²) in [6.07, 6.45) is 3.24. The highest BCUT2D eigenvalue weighted by atomic mass is 32.1. The van der Waals surface area contributed by atoms with Crippen LogP contribution in [-0.4, -0.2) is 9.55 Å². The van der Waals surface area contributed by atoms with Crippen LogP contribution in [0.1, 0.15) is 4.88 Å². The van der Waals surface area contributed by atoms with Gasteiger partial charge in [-0.1, -0.05) is 0 Å². The fourth-order valence-corrected chi connectivity index (χ4v) is 2.95. The Bertz CT molecular complexity index is 858. The normalized spacial score (nSPS) is 10.5. The number of rotatable bonds is 1. The molecule has 3 aromatic heterocycles. The number of nitrogen functional groups attached to an aromatic ring is 1. The lowest BCUT2D eigenvalue weighted by Gasteiger charge is -2.05. The maximum absolute atomic E-state index is 12.1. The van der Waals surface area contributed by atoms with Crippen LogP contribution in [0.15, 0.2) is 41.5 Å². The van der Waals surface area contributed by atoms with E-state index in [4.69, 9.17) is 11.0 Å². The third kappa shape index (κ3) is 1.68. The van der Waals surface area contributed by atoms with Crippen molar-refractivity contribution in [3.8, 4) is 11.8 Å². The highest BCUT2D eigenvalue weighted by Crippen LogP contribution is 2.32. The number of nitrogens with two attached hydrogens (primary N) is 1. The van der Waals surface area contributed by atoms with E-state index in [-0.39, 0.29) is 5.56 Å². The summed E-state index contributed by atoms with van der Waals surface area (Å²) in [6, 6.07) is 8.68. The van der Waals surface area contributed by atoms with E-state index in [2.05, 4.69) is 4.98 Å². The molecule has 0 bridgehead atoms. The van der Waals surface area contributed by atoms with Gasteiger partial charge in [0.05, 0.1) is 17.6 Å². The summed E-state index contributed by atoms with van der Waals surface area (Å²) >= 11 is 1.21. The Kier molecular flexibility index (Phi) is 2.54. The summed E-state index contributed by atoms with van der Waals surface area (Å²) in [5.41, 5.74) is 6.80. The van der Waals surface area contributed by atoms with Crippen molar-refractivity contribution in [3.63, 3.8) is 0 Å². The zero-order valence-corrected chi connectivity index (χ0v) is 10.5. The topological polar surface area (TPSA) is 84.7 Å². The molecule has 19 heavy (non-hydrogen) atoms. The molecule has 0 aliphatic heterocycles. The first-order valence-electron chi connectivity index (χ1n) is 5.47. The van der Waals surface area contributed by atoms with Crippen molar-refractivity contribution in [2.45, 2.75) is 0 Å². The first-order valence-corrected chi connectivity index (χ1v) is 6.28. The van der Waals surface area contributed by atoms with Crippen molar-refractivity contribution in [2.75, 3.05) is 5.73 Å². The molecule has 6 heteroatoms. The van der Waals surface area contributed by atoms with Gasteiger partial charge < -0.3 is 5.73 Å². The molecule has 3 rings (SSSR count). The lowest BCUT2D eigenvalue weighted by Crippen LogP contribution is -2.16. The number of anilines is 1. The van der Waals surface area contributed by atoms with Gasteiger partial charge in [0, 0.05) is 17.6 Å². The maximum atomic E-state index is 12.1. The first kappa shape index (κ1) is 11.4. The van der Waals surface area contributed by atoms with Crippen LogP contribution in [0.3, 0.4) is 0 Å². The predicted octanol–water partition coefficient (Wildman–Crippen LogP) is 1.90. The summed E-state index contributed by atoms with van der Waals surface area (Å²) in [6.45, 7) is 0. The van der Waals surface area contributed by atoms with Crippen LogP contribution in [0.2, 0.25) is 0 Å². The van der Waals surface area contributed by atoms with E-state index < -0.39 is 0 Å². The average molecular weight is 268 g/mol. The minimum absolute atomic E-state index is 0.175. The lowest BCUT2D eigenvalue weighted by atomic mass is 10.2. The Labute approximate surface area is 112 Å². The third-order valence-electron chi connectivity index (χ3n) is 2.79. The monoisotopic (exact) mass is 268 g/mol. The molecule has 3 aromatic rings. The molecule has 0 spiro atoms. The summed E-state index contributed by atoms with van der Waals surface area (Å²) in [4.78, 5) is 17.1. The van der Waals surface area contributed by atoms with Crippen molar-refractivity contribution >= 4 is 27.2 Å². The number of fused-ring (bicyclic) bond motifs is 1. The largest absolute Gasteiger partial charge is 0.396 e. The van der Waals surface area contributed by atoms with Gasteiger partial charge in [0.15, 0.2) is 0 Å². The molecule has 3 heterocycles. The van der Waals surface area contributed by atoms with Crippen LogP contribution in [0.5, 0.6) is 0 Å².